The Kier molecular flexibility index (Phi) is 4.71. The van der Waals surface area contributed by atoms with Crippen molar-refractivity contribution in [2.24, 2.45) is 7.05 Å². The normalized spacial score (nSPS) is 22.5. The summed E-state index contributed by atoms with van der Waals surface area (Å²) in [6.45, 7) is 4.07. The molecule has 1 fully saturated rings. The molecule has 0 radical (unpaired) electrons. The fourth-order valence-electron chi connectivity index (χ4n) is 3.32. The van der Waals surface area contributed by atoms with Crippen molar-refractivity contribution >= 4 is 11.6 Å². The average molecular weight is 338 g/mol. The zero-order valence-electron chi connectivity index (χ0n) is 13.3. The van der Waals surface area contributed by atoms with Crippen molar-refractivity contribution in [1.82, 2.24) is 14.7 Å². The standard InChI is InChI=1S/C17H21ClFN3O/c1-11-15(17(18)21(2)20-11)9-22-8-7-14(16(23)10-22)12-3-5-13(19)6-4-12/h3-6,14,16,23H,7-10H2,1-2H3/t14-,16+/m0/s1. The molecule has 0 bridgehead atoms. The number of benzene rings is 1. The van der Waals surface area contributed by atoms with E-state index in [0.717, 1.165) is 29.8 Å². The Bertz CT molecular complexity index is 686. The first-order valence-corrected chi connectivity index (χ1v) is 8.17. The summed E-state index contributed by atoms with van der Waals surface area (Å²) in [4.78, 5) is 2.20. The van der Waals surface area contributed by atoms with E-state index in [2.05, 4.69) is 10.00 Å². The molecule has 1 aliphatic rings. The molecule has 2 aromatic rings. The summed E-state index contributed by atoms with van der Waals surface area (Å²) in [5, 5.41) is 15.5. The van der Waals surface area contributed by atoms with E-state index in [1.54, 1.807) is 16.8 Å². The van der Waals surface area contributed by atoms with Crippen molar-refractivity contribution in [3.63, 3.8) is 0 Å². The predicted octanol–water partition coefficient (Wildman–Crippen LogP) is 2.87. The molecule has 0 unspecified atom stereocenters. The van der Waals surface area contributed by atoms with Gasteiger partial charge in [0.15, 0.2) is 0 Å². The molecule has 6 heteroatoms. The minimum absolute atomic E-state index is 0.0531. The third kappa shape index (κ3) is 3.42. The third-order valence-electron chi connectivity index (χ3n) is 4.62. The van der Waals surface area contributed by atoms with Gasteiger partial charge in [-0.25, -0.2) is 4.39 Å². The van der Waals surface area contributed by atoms with Gasteiger partial charge in [0, 0.05) is 31.6 Å². The van der Waals surface area contributed by atoms with Crippen LogP contribution in [0.2, 0.25) is 5.15 Å². The highest BCUT2D eigenvalue weighted by molar-refractivity contribution is 6.30. The Morgan fingerprint density at radius 2 is 2.04 bits per heavy atom. The van der Waals surface area contributed by atoms with Crippen LogP contribution in [-0.4, -0.2) is 39.0 Å². The number of likely N-dealkylation sites (tertiary alicyclic amines) is 1. The largest absolute Gasteiger partial charge is 0.391 e. The smallest absolute Gasteiger partial charge is 0.131 e. The molecule has 3 rings (SSSR count). The van der Waals surface area contributed by atoms with Crippen LogP contribution in [-0.2, 0) is 13.6 Å². The third-order valence-corrected chi connectivity index (χ3v) is 5.09. The number of hydrogen-bond acceptors (Lipinski definition) is 3. The highest BCUT2D eigenvalue weighted by Gasteiger charge is 2.29. The average Bonchev–Trinajstić information content (AvgIpc) is 2.75. The van der Waals surface area contributed by atoms with Crippen LogP contribution in [0, 0.1) is 12.7 Å². The van der Waals surface area contributed by atoms with Crippen LogP contribution < -0.4 is 0 Å². The summed E-state index contributed by atoms with van der Waals surface area (Å²) >= 11 is 6.28. The topological polar surface area (TPSA) is 41.3 Å². The molecule has 0 spiro atoms. The fraction of sp³-hybridized carbons (Fsp3) is 0.471. The summed E-state index contributed by atoms with van der Waals surface area (Å²) < 4.78 is 14.7. The van der Waals surface area contributed by atoms with Crippen LogP contribution in [0.5, 0.6) is 0 Å². The van der Waals surface area contributed by atoms with Gasteiger partial charge in [0.2, 0.25) is 0 Å². The summed E-state index contributed by atoms with van der Waals surface area (Å²) in [5.41, 5.74) is 2.93. The van der Waals surface area contributed by atoms with Gasteiger partial charge >= 0.3 is 0 Å². The molecular weight excluding hydrogens is 317 g/mol. The van der Waals surface area contributed by atoms with Crippen molar-refractivity contribution < 1.29 is 9.50 Å². The Balaban J connectivity index is 1.67. The second kappa shape index (κ2) is 6.59. The lowest BCUT2D eigenvalue weighted by molar-refractivity contribution is 0.0476. The molecule has 1 saturated heterocycles. The van der Waals surface area contributed by atoms with E-state index in [1.165, 1.54) is 12.1 Å². The minimum Gasteiger partial charge on any atom is -0.391 e. The van der Waals surface area contributed by atoms with Gasteiger partial charge in [0.25, 0.3) is 0 Å². The molecule has 2 heterocycles. The van der Waals surface area contributed by atoms with Crippen LogP contribution in [0.1, 0.15) is 29.2 Å². The number of aryl methyl sites for hydroxylation is 2. The number of β-amino-alcohol motifs (C(OH)–C–C–N with tert-alkyl or cyclic N) is 1. The lowest BCUT2D eigenvalue weighted by atomic mass is 9.87. The fourth-order valence-corrected chi connectivity index (χ4v) is 3.55. The number of aromatic nitrogens is 2. The SMILES string of the molecule is Cc1nn(C)c(Cl)c1CN1CC[C@@H](c2ccc(F)cc2)[C@H](O)C1. The summed E-state index contributed by atoms with van der Waals surface area (Å²) in [5.74, 6) is -0.195. The Labute approximate surface area is 140 Å². The van der Waals surface area contributed by atoms with E-state index in [4.69, 9.17) is 11.6 Å². The maximum atomic E-state index is 13.0. The first kappa shape index (κ1) is 16.4. The Morgan fingerprint density at radius 1 is 1.35 bits per heavy atom. The molecule has 1 aliphatic heterocycles. The molecule has 2 atom stereocenters. The lowest BCUT2D eigenvalue weighted by Gasteiger charge is -2.36. The number of piperidine rings is 1. The summed E-state index contributed by atoms with van der Waals surface area (Å²) in [6, 6.07) is 6.43. The van der Waals surface area contributed by atoms with Gasteiger partial charge in [0.05, 0.1) is 11.8 Å². The van der Waals surface area contributed by atoms with Crippen molar-refractivity contribution in [2.45, 2.75) is 31.9 Å². The molecular formula is C17H21ClFN3O. The number of aliphatic hydroxyl groups excluding tert-OH is 1. The van der Waals surface area contributed by atoms with E-state index in [-0.39, 0.29) is 11.7 Å². The Hall–Kier alpha value is -1.43. The first-order valence-electron chi connectivity index (χ1n) is 7.79. The van der Waals surface area contributed by atoms with Crippen molar-refractivity contribution in [1.29, 1.82) is 0 Å². The van der Waals surface area contributed by atoms with Gasteiger partial charge in [-0.1, -0.05) is 23.7 Å². The van der Waals surface area contributed by atoms with Gasteiger partial charge in [-0.05, 0) is 37.6 Å². The van der Waals surface area contributed by atoms with E-state index in [1.807, 2.05) is 14.0 Å². The monoisotopic (exact) mass is 337 g/mol. The number of nitrogens with zero attached hydrogens (tertiary/aromatic N) is 3. The lowest BCUT2D eigenvalue weighted by Crippen LogP contribution is -2.42. The van der Waals surface area contributed by atoms with E-state index in [9.17, 15) is 9.50 Å². The van der Waals surface area contributed by atoms with Gasteiger partial charge in [0.1, 0.15) is 11.0 Å². The van der Waals surface area contributed by atoms with Crippen molar-refractivity contribution in [2.75, 3.05) is 13.1 Å². The molecule has 0 amide bonds. The first-order chi connectivity index (χ1) is 11.0. The van der Waals surface area contributed by atoms with Gasteiger partial charge in [-0.2, -0.15) is 5.10 Å². The highest BCUT2D eigenvalue weighted by atomic mass is 35.5. The number of hydrogen-bond donors (Lipinski definition) is 1. The predicted molar refractivity (Wildman–Crippen MR) is 88.0 cm³/mol. The maximum absolute atomic E-state index is 13.0. The van der Waals surface area contributed by atoms with Crippen LogP contribution in [0.15, 0.2) is 24.3 Å². The van der Waals surface area contributed by atoms with E-state index >= 15 is 0 Å². The molecule has 1 N–H and O–H groups in total. The quantitative estimate of drug-likeness (QED) is 0.936. The zero-order chi connectivity index (χ0) is 16.6. The summed E-state index contributed by atoms with van der Waals surface area (Å²) in [6.07, 6.45) is 0.369. The number of halogens is 2. The second-order valence-corrected chi connectivity index (χ2v) is 6.59. The van der Waals surface area contributed by atoms with Gasteiger partial charge < -0.3 is 5.11 Å². The molecule has 1 aromatic carbocycles. The van der Waals surface area contributed by atoms with Crippen LogP contribution >= 0.6 is 11.6 Å². The van der Waals surface area contributed by atoms with Crippen LogP contribution in [0.4, 0.5) is 4.39 Å². The molecule has 4 nitrogen and oxygen atoms in total. The van der Waals surface area contributed by atoms with Gasteiger partial charge in [-0.3, -0.25) is 9.58 Å². The maximum Gasteiger partial charge on any atom is 0.131 e. The second-order valence-electron chi connectivity index (χ2n) is 6.23. The summed E-state index contributed by atoms with van der Waals surface area (Å²) in [7, 11) is 1.83. The van der Waals surface area contributed by atoms with E-state index in [0.29, 0.717) is 18.2 Å². The van der Waals surface area contributed by atoms with Crippen LogP contribution in [0.3, 0.4) is 0 Å². The van der Waals surface area contributed by atoms with Crippen LogP contribution in [0.25, 0.3) is 0 Å². The number of rotatable bonds is 3. The Morgan fingerprint density at radius 3 is 2.61 bits per heavy atom. The molecule has 124 valence electrons. The highest BCUT2D eigenvalue weighted by Crippen LogP contribution is 2.30. The van der Waals surface area contributed by atoms with Crippen molar-refractivity contribution in [3.8, 4) is 0 Å². The number of aliphatic hydroxyl groups is 1. The molecule has 0 aliphatic carbocycles. The zero-order valence-corrected chi connectivity index (χ0v) is 14.1. The van der Waals surface area contributed by atoms with Gasteiger partial charge in [-0.15, -0.1) is 0 Å². The van der Waals surface area contributed by atoms with Crippen molar-refractivity contribution in [3.05, 3.63) is 52.1 Å². The molecule has 0 saturated carbocycles. The molecule has 23 heavy (non-hydrogen) atoms. The minimum atomic E-state index is -0.468. The molecule has 1 aromatic heterocycles. The van der Waals surface area contributed by atoms with E-state index < -0.39 is 6.10 Å².